The molecule has 2 heterocycles. The first-order valence-corrected chi connectivity index (χ1v) is 15.7. The molecule has 12 heteroatoms. The number of aromatic amines is 1. The highest BCUT2D eigenvalue weighted by Gasteiger charge is 2.32. The van der Waals surface area contributed by atoms with Crippen molar-refractivity contribution in [2.75, 3.05) is 6.61 Å². The van der Waals surface area contributed by atoms with Crippen LogP contribution in [0.3, 0.4) is 0 Å². The van der Waals surface area contributed by atoms with Gasteiger partial charge in [0.15, 0.2) is 0 Å². The van der Waals surface area contributed by atoms with Crippen LogP contribution in [0.25, 0.3) is 10.9 Å². The van der Waals surface area contributed by atoms with E-state index >= 15 is 0 Å². The second kappa shape index (κ2) is 17.0. The highest BCUT2D eigenvalue weighted by molar-refractivity contribution is 5.98. The van der Waals surface area contributed by atoms with Gasteiger partial charge in [-0.2, -0.15) is 0 Å². The summed E-state index contributed by atoms with van der Waals surface area (Å²) in [6.45, 7) is 5.71. The van der Waals surface area contributed by atoms with Crippen molar-refractivity contribution in [2.24, 2.45) is 5.92 Å². The predicted molar refractivity (Wildman–Crippen MR) is 176 cm³/mol. The van der Waals surface area contributed by atoms with Crippen molar-refractivity contribution in [1.82, 2.24) is 30.9 Å². The summed E-state index contributed by atoms with van der Waals surface area (Å²) in [5, 5.41) is 20.3. The van der Waals surface area contributed by atoms with E-state index < -0.39 is 47.9 Å². The van der Waals surface area contributed by atoms with Gasteiger partial charge >= 0.3 is 5.97 Å². The minimum absolute atomic E-state index is 0.0531. The number of esters is 1. The second-order valence-electron chi connectivity index (χ2n) is 11.7. The van der Waals surface area contributed by atoms with Gasteiger partial charge in [0, 0.05) is 41.9 Å². The third-order valence-corrected chi connectivity index (χ3v) is 7.63. The zero-order valence-electron chi connectivity index (χ0n) is 26.8. The number of rotatable bonds is 16. The van der Waals surface area contributed by atoms with Crippen LogP contribution in [0.2, 0.25) is 0 Å². The van der Waals surface area contributed by atoms with Crippen LogP contribution < -0.4 is 16.0 Å². The minimum atomic E-state index is -1.21. The standard InChI is InChI=1S/C35H42N6O6/c1-4-47-32(43)19-31(42)28(16-22(2)3)39-35(46)30(18-25-20-36-21-38-25)41-34(45)29(40-33(44)23-10-6-5-7-11-23)17-24-12-8-14-27-26(24)13-9-15-37-27/h5-15,20-22,28-31,42H,4,16-19H2,1-3H3,(H,36,38)(H,39,46)(H,40,44)(H,41,45)/t28-,29-,30?,31-/m0/s1. The topological polar surface area (TPSA) is 175 Å². The molecule has 12 nitrogen and oxygen atoms in total. The van der Waals surface area contributed by atoms with Gasteiger partial charge in [-0.15, -0.1) is 0 Å². The molecular formula is C35H42N6O6. The summed E-state index contributed by atoms with van der Waals surface area (Å²) in [7, 11) is 0. The Morgan fingerprint density at radius 1 is 0.894 bits per heavy atom. The molecule has 248 valence electrons. The molecule has 0 fully saturated rings. The number of nitrogens with one attached hydrogen (secondary N) is 4. The molecule has 4 rings (SSSR count). The number of H-pyrrole nitrogens is 1. The quantitative estimate of drug-likeness (QED) is 0.116. The van der Waals surface area contributed by atoms with Crippen molar-refractivity contribution in [3.8, 4) is 0 Å². The van der Waals surface area contributed by atoms with Crippen LogP contribution in [0, 0.1) is 5.92 Å². The van der Waals surface area contributed by atoms with Crippen molar-refractivity contribution in [2.45, 2.75) is 70.7 Å². The van der Waals surface area contributed by atoms with E-state index in [1.54, 1.807) is 55.7 Å². The summed E-state index contributed by atoms with van der Waals surface area (Å²) >= 11 is 0. The maximum Gasteiger partial charge on any atom is 0.308 e. The monoisotopic (exact) mass is 642 g/mol. The molecular weight excluding hydrogens is 600 g/mol. The fraction of sp³-hybridized carbons (Fsp3) is 0.371. The summed E-state index contributed by atoms with van der Waals surface area (Å²) in [5.41, 5.74) is 2.50. The van der Waals surface area contributed by atoms with Crippen LogP contribution in [0.4, 0.5) is 0 Å². The van der Waals surface area contributed by atoms with E-state index in [0.29, 0.717) is 17.7 Å². The summed E-state index contributed by atoms with van der Waals surface area (Å²) in [4.78, 5) is 64.7. The number of benzene rings is 2. The summed E-state index contributed by atoms with van der Waals surface area (Å²) in [6.07, 6.45) is 3.75. The number of aromatic nitrogens is 3. The van der Waals surface area contributed by atoms with Gasteiger partial charge < -0.3 is 30.8 Å². The van der Waals surface area contributed by atoms with E-state index in [-0.39, 0.29) is 31.8 Å². The van der Waals surface area contributed by atoms with Gasteiger partial charge in [0.1, 0.15) is 12.1 Å². The summed E-state index contributed by atoms with van der Waals surface area (Å²) in [5.74, 6) is -2.10. The molecule has 0 aliphatic rings. The number of imidazole rings is 1. The number of aliphatic hydroxyl groups excluding tert-OH is 1. The Hall–Kier alpha value is -5.10. The fourth-order valence-corrected chi connectivity index (χ4v) is 5.34. The SMILES string of the molecule is CCOC(=O)C[C@H](O)[C@H](CC(C)C)NC(=O)C(Cc1cnc[nH]1)NC(=O)[C@H](Cc1cccc2ncccc12)NC(=O)c1ccccc1. The Labute approximate surface area is 273 Å². The van der Waals surface area contributed by atoms with Crippen LogP contribution >= 0.6 is 0 Å². The van der Waals surface area contributed by atoms with Gasteiger partial charge in [-0.05, 0) is 49.1 Å². The number of nitrogens with zero attached hydrogens (tertiary/aromatic N) is 2. The van der Waals surface area contributed by atoms with Crippen molar-refractivity contribution in [3.63, 3.8) is 0 Å². The highest BCUT2D eigenvalue weighted by Crippen LogP contribution is 2.19. The summed E-state index contributed by atoms with van der Waals surface area (Å²) in [6, 6.07) is 14.9. The molecule has 3 amide bonds. The highest BCUT2D eigenvalue weighted by atomic mass is 16.5. The second-order valence-corrected chi connectivity index (χ2v) is 11.7. The first-order chi connectivity index (χ1) is 22.6. The Bertz CT molecular complexity index is 1620. The minimum Gasteiger partial charge on any atom is -0.466 e. The molecule has 4 aromatic rings. The third-order valence-electron chi connectivity index (χ3n) is 7.63. The van der Waals surface area contributed by atoms with Crippen molar-refractivity contribution < 1.29 is 29.0 Å². The Morgan fingerprint density at radius 2 is 1.64 bits per heavy atom. The molecule has 0 aliphatic carbocycles. The number of hydrogen-bond donors (Lipinski definition) is 5. The van der Waals surface area contributed by atoms with Gasteiger partial charge in [-0.1, -0.05) is 50.2 Å². The van der Waals surface area contributed by atoms with Gasteiger partial charge in [0.25, 0.3) is 5.91 Å². The number of fused-ring (bicyclic) bond motifs is 1. The van der Waals surface area contributed by atoms with E-state index in [4.69, 9.17) is 4.74 Å². The Kier molecular flexibility index (Phi) is 12.6. The predicted octanol–water partition coefficient (Wildman–Crippen LogP) is 2.87. The summed E-state index contributed by atoms with van der Waals surface area (Å²) < 4.78 is 4.99. The van der Waals surface area contributed by atoms with Crippen LogP contribution in [0.1, 0.15) is 55.2 Å². The number of ether oxygens (including phenoxy) is 1. The number of hydrogen-bond acceptors (Lipinski definition) is 8. The largest absolute Gasteiger partial charge is 0.466 e. The lowest BCUT2D eigenvalue weighted by molar-refractivity contribution is -0.146. The van der Waals surface area contributed by atoms with E-state index in [1.807, 2.05) is 38.1 Å². The van der Waals surface area contributed by atoms with Gasteiger partial charge in [0.05, 0.1) is 37.0 Å². The van der Waals surface area contributed by atoms with Crippen molar-refractivity contribution in [3.05, 3.63) is 96.2 Å². The molecule has 0 spiro atoms. The lowest BCUT2D eigenvalue weighted by Crippen LogP contribution is -2.57. The van der Waals surface area contributed by atoms with E-state index in [2.05, 4.69) is 30.9 Å². The number of amides is 3. The Morgan fingerprint density at radius 3 is 2.34 bits per heavy atom. The lowest BCUT2D eigenvalue weighted by atomic mass is 9.96. The molecule has 47 heavy (non-hydrogen) atoms. The van der Waals surface area contributed by atoms with Gasteiger partial charge in [-0.3, -0.25) is 24.2 Å². The first-order valence-electron chi connectivity index (χ1n) is 15.7. The van der Waals surface area contributed by atoms with E-state index in [9.17, 15) is 24.3 Å². The van der Waals surface area contributed by atoms with Crippen molar-refractivity contribution >= 4 is 34.6 Å². The number of pyridine rings is 1. The molecule has 0 bridgehead atoms. The molecule has 0 saturated carbocycles. The average Bonchev–Trinajstić information content (AvgIpc) is 3.57. The lowest BCUT2D eigenvalue weighted by Gasteiger charge is -2.28. The molecule has 1 unspecified atom stereocenters. The molecule has 2 aromatic carbocycles. The molecule has 2 aromatic heterocycles. The van der Waals surface area contributed by atoms with Crippen LogP contribution in [-0.2, 0) is 32.0 Å². The van der Waals surface area contributed by atoms with Crippen molar-refractivity contribution in [1.29, 1.82) is 0 Å². The normalized spacial score (nSPS) is 13.7. The molecule has 4 atom stereocenters. The van der Waals surface area contributed by atoms with E-state index in [1.165, 1.54) is 6.33 Å². The van der Waals surface area contributed by atoms with Gasteiger partial charge in [0.2, 0.25) is 11.8 Å². The number of carbonyl (C=O) groups excluding carboxylic acids is 4. The van der Waals surface area contributed by atoms with E-state index in [0.717, 1.165) is 16.5 Å². The van der Waals surface area contributed by atoms with Crippen LogP contribution in [-0.4, -0.2) is 74.6 Å². The third kappa shape index (κ3) is 10.2. The molecule has 5 N–H and O–H groups in total. The maximum atomic E-state index is 14.1. The Balaban J connectivity index is 1.60. The fourth-order valence-electron chi connectivity index (χ4n) is 5.34. The first kappa shape index (κ1) is 34.8. The number of carbonyl (C=O) groups is 4. The number of aliphatic hydroxyl groups is 1. The molecule has 0 radical (unpaired) electrons. The smallest absolute Gasteiger partial charge is 0.308 e. The zero-order valence-corrected chi connectivity index (χ0v) is 26.8. The average molecular weight is 643 g/mol. The zero-order chi connectivity index (χ0) is 33.8. The van der Waals surface area contributed by atoms with Crippen LogP contribution in [0.5, 0.6) is 0 Å². The van der Waals surface area contributed by atoms with Gasteiger partial charge in [-0.25, -0.2) is 4.98 Å². The van der Waals surface area contributed by atoms with Crippen LogP contribution in [0.15, 0.2) is 79.4 Å². The molecule has 0 saturated heterocycles. The maximum absolute atomic E-state index is 14.1. The molecule has 0 aliphatic heterocycles.